The van der Waals surface area contributed by atoms with E-state index in [-0.39, 0.29) is 0 Å². The van der Waals surface area contributed by atoms with Gasteiger partial charge in [0.15, 0.2) is 0 Å². The van der Waals surface area contributed by atoms with E-state index in [4.69, 9.17) is 16.0 Å². The molecule has 0 saturated carbocycles. The number of aliphatic hydroxyl groups is 1. The van der Waals surface area contributed by atoms with E-state index < -0.39 is 6.10 Å². The van der Waals surface area contributed by atoms with Crippen LogP contribution in [0.2, 0.25) is 5.02 Å². The number of hydrogen-bond acceptors (Lipinski definition) is 2. The van der Waals surface area contributed by atoms with Crippen molar-refractivity contribution in [1.82, 2.24) is 0 Å². The highest BCUT2D eigenvalue weighted by Gasteiger charge is 2.14. The Hall–Kier alpha value is -1.25. The molecule has 0 amide bonds. The highest BCUT2D eigenvalue weighted by atomic mass is 35.5. The quantitative estimate of drug-likeness (QED) is 0.884. The minimum atomic E-state index is -0.751. The molecule has 0 aliphatic carbocycles. The molecular weight excluding hydrogens is 224 g/mol. The van der Waals surface area contributed by atoms with Gasteiger partial charge in [-0.05, 0) is 29.8 Å². The van der Waals surface area contributed by atoms with E-state index in [1.807, 2.05) is 25.1 Å². The van der Waals surface area contributed by atoms with Crippen LogP contribution in [0.15, 0.2) is 40.8 Å². The van der Waals surface area contributed by atoms with Crippen molar-refractivity contribution in [3.63, 3.8) is 0 Å². The standard InChI is InChI=1S/C13H13ClO2/c1-2-11-6-7-12(16-11)13(15)9-4-3-5-10(14)8-9/h3-8,13,15H,2H2,1H3. The Bertz CT molecular complexity index is 476. The Kier molecular flexibility index (Phi) is 3.32. The number of rotatable bonds is 3. The lowest BCUT2D eigenvalue weighted by molar-refractivity contribution is 0.187. The van der Waals surface area contributed by atoms with Gasteiger partial charge in [-0.15, -0.1) is 0 Å². The predicted octanol–water partition coefficient (Wildman–Crippen LogP) is 3.58. The summed E-state index contributed by atoms with van der Waals surface area (Å²) in [7, 11) is 0. The van der Waals surface area contributed by atoms with Crippen LogP contribution < -0.4 is 0 Å². The zero-order valence-corrected chi connectivity index (χ0v) is 9.74. The molecule has 0 radical (unpaired) electrons. The monoisotopic (exact) mass is 236 g/mol. The van der Waals surface area contributed by atoms with Gasteiger partial charge >= 0.3 is 0 Å². The van der Waals surface area contributed by atoms with Crippen molar-refractivity contribution in [2.24, 2.45) is 0 Å². The van der Waals surface area contributed by atoms with E-state index in [1.165, 1.54) is 0 Å². The average Bonchev–Trinajstić information content (AvgIpc) is 2.76. The zero-order chi connectivity index (χ0) is 11.5. The molecule has 0 aliphatic rings. The Labute approximate surface area is 99.5 Å². The van der Waals surface area contributed by atoms with Crippen LogP contribution >= 0.6 is 11.6 Å². The van der Waals surface area contributed by atoms with Gasteiger partial charge in [0.1, 0.15) is 17.6 Å². The fourth-order valence-electron chi connectivity index (χ4n) is 1.57. The van der Waals surface area contributed by atoms with Crippen molar-refractivity contribution in [2.75, 3.05) is 0 Å². The minimum absolute atomic E-state index is 0.555. The van der Waals surface area contributed by atoms with Gasteiger partial charge in [0, 0.05) is 11.4 Å². The fourth-order valence-corrected chi connectivity index (χ4v) is 1.77. The van der Waals surface area contributed by atoms with Gasteiger partial charge in [0.2, 0.25) is 0 Å². The van der Waals surface area contributed by atoms with E-state index in [1.54, 1.807) is 18.2 Å². The molecule has 16 heavy (non-hydrogen) atoms. The molecule has 0 fully saturated rings. The van der Waals surface area contributed by atoms with Gasteiger partial charge in [-0.2, -0.15) is 0 Å². The first-order valence-electron chi connectivity index (χ1n) is 5.23. The molecule has 2 aromatic rings. The minimum Gasteiger partial charge on any atom is -0.463 e. The summed E-state index contributed by atoms with van der Waals surface area (Å²) in [6.07, 6.45) is 0.0708. The average molecular weight is 237 g/mol. The van der Waals surface area contributed by atoms with Crippen LogP contribution in [0.4, 0.5) is 0 Å². The van der Waals surface area contributed by atoms with Crippen molar-refractivity contribution in [3.8, 4) is 0 Å². The van der Waals surface area contributed by atoms with Gasteiger partial charge in [-0.3, -0.25) is 0 Å². The molecular formula is C13H13ClO2. The summed E-state index contributed by atoms with van der Waals surface area (Å²) in [6, 6.07) is 10.8. The van der Waals surface area contributed by atoms with Crippen LogP contribution in [0.3, 0.4) is 0 Å². The van der Waals surface area contributed by atoms with E-state index in [0.29, 0.717) is 10.8 Å². The third-order valence-electron chi connectivity index (χ3n) is 2.46. The summed E-state index contributed by atoms with van der Waals surface area (Å²) >= 11 is 5.87. The largest absolute Gasteiger partial charge is 0.463 e. The summed E-state index contributed by atoms with van der Waals surface area (Å²) in [6.45, 7) is 2.01. The highest BCUT2D eigenvalue weighted by molar-refractivity contribution is 6.30. The Morgan fingerprint density at radius 2 is 2.12 bits per heavy atom. The highest BCUT2D eigenvalue weighted by Crippen LogP contribution is 2.25. The maximum absolute atomic E-state index is 10.1. The fraction of sp³-hybridized carbons (Fsp3) is 0.231. The van der Waals surface area contributed by atoms with Crippen LogP contribution in [0.1, 0.15) is 30.1 Å². The van der Waals surface area contributed by atoms with Crippen molar-refractivity contribution in [2.45, 2.75) is 19.4 Å². The molecule has 84 valence electrons. The van der Waals surface area contributed by atoms with Crippen molar-refractivity contribution in [3.05, 3.63) is 58.5 Å². The van der Waals surface area contributed by atoms with Crippen LogP contribution in [0.5, 0.6) is 0 Å². The maximum Gasteiger partial charge on any atom is 0.137 e. The first-order valence-corrected chi connectivity index (χ1v) is 5.60. The number of benzene rings is 1. The lowest BCUT2D eigenvalue weighted by Crippen LogP contribution is -1.97. The summed E-state index contributed by atoms with van der Waals surface area (Å²) in [5, 5.41) is 10.7. The molecule has 0 bridgehead atoms. The molecule has 1 aromatic heterocycles. The Balaban J connectivity index is 2.27. The maximum atomic E-state index is 10.1. The van der Waals surface area contributed by atoms with E-state index in [0.717, 1.165) is 17.7 Å². The van der Waals surface area contributed by atoms with Gasteiger partial charge < -0.3 is 9.52 Å². The third-order valence-corrected chi connectivity index (χ3v) is 2.70. The lowest BCUT2D eigenvalue weighted by Gasteiger charge is -2.08. The third kappa shape index (κ3) is 2.29. The molecule has 1 unspecified atom stereocenters. The lowest BCUT2D eigenvalue weighted by atomic mass is 10.1. The first kappa shape index (κ1) is 11.2. The summed E-state index contributed by atoms with van der Waals surface area (Å²) in [5.41, 5.74) is 0.740. The topological polar surface area (TPSA) is 33.4 Å². The number of halogens is 1. The van der Waals surface area contributed by atoms with Crippen molar-refractivity contribution >= 4 is 11.6 Å². The van der Waals surface area contributed by atoms with Gasteiger partial charge in [-0.1, -0.05) is 30.7 Å². The van der Waals surface area contributed by atoms with E-state index in [2.05, 4.69) is 0 Å². The molecule has 1 heterocycles. The molecule has 3 heteroatoms. The smallest absolute Gasteiger partial charge is 0.137 e. The van der Waals surface area contributed by atoms with Gasteiger partial charge in [0.25, 0.3) is 0 Å². The second kappa shape index (κ2) is 4.73. The van der Waals surface area contributed by atoms with Crippen LogP contribution in [-0.4, -0.2) is 5.11 Å². The predicted molar refractivity (Wildman–Crippen MR) is 63.6 cm³/mol. The van der Waals surface area contributed by atoms with Crippen LogP contribution in [-0.2, 0) is 6.42 Å². The number of aryl methyl sites for hydroxylation is 1. The SMILES string of the molecule is CCc1ccc(C(O)c2cccc(Cl)c2)o1. The van der Waals surface area contributed by atoms with Crippen LogP contribution in [0.25, 0.3) is 0 Å². The second-order valence-electron chi connectivity index (χ2n) is 3.62. The summed E-state index contributed by atoms with van der Waals surface area (Å²) in [5.74, 6) is 1.43. The molecule has 0 saturated heterocycles. The Morgan fingerprint density at radius 1 is 1.31 bits per heavy atom. The second-order valence-corrected chi connectivity index (χ2v) is 4.05. The summed E-state index contributed by atoms with van der Waals surface area (Å²) in [4.78, 5) is 0. The molecule has 0 aliphatic heterocycles. The van der Waals surface area contributed by atoms with E-state index in [9.17, 15) is 5.11 Å². The first-order chi connectivity index (χ1) is 7.70. The molecule has 2 nitrogen and oxygen atoms in total. The normalized spacial score (nSPS) is 12.7. The van der Waals surface area contributed by atoms with Crippen LogP contribution in [0, 0.1) is 0 Å². The number of hydrogen-bond donors (Lipinski definition) is 1. The van der Waals surface area contributed by atoms with Gasteiger partial charge in [-0.25, -0.2) is 0 Å². The molecule has 1 aromatic carbocycles. The van der Waals surface area contributed by atoms with Crippen molar-refractivity contribution < 1.29 is 9.52 Å². The van der Waals surface area contributed by atoms with E-state index >= 15 is 0 Å². The Morgan fingerprint density at radius 3 is 2.75 bits per heavy atom. The molecule has 0 spiro atoms. The molecule has 1 atom stereocenters. The summed E-state index contributed by atoms with van der Waals surface area (Å²) < 4.78 is 5.50. The number of furan rings is 1. The molecule has 1 N–H and O–H groups in total. The van der Waals surface area contributed by atoms with Crippen molar-refractivity contribution in [1.29, 1.82) is 0 Å². The number of aliphatic hydroxyl groups excluding tert-OH is 1. The zero-order valence-electron chi connectivity index (χ0n) is 8.98. The van der Waals surface area contributed by atoms with Gasteiger partial charge in [0.05, 0.1) is 0 Å². The molecule has 2 rings (SSSR count).